The molecule has 0 bridgehead atoms. The Labute approximate surface area is 158 Å². The summed E-state index contributed by atoms with van der Waals surface area (Å²) in [5.74, 6) is -0.644. The monoisotopic (exact) mass is 368 g/mol. The zero-order chi connectivity index (χ0) is 19.8. The minimum atomic E-state index is -0.603. The Balaban J connectivity index is 1.87. The summed E-state index contributed by atoms with van der Waals surface area (Å²) in [4.78, 5) is 35.2. The van der Waals surface area contributed by atoms with E-state index < -0.39 is 5.91 Å². The van der Waals surface area contributed by atoms with Gasteiger partial charge in [-0.15, -0.1) is 0 Å². The lowest BCUT2D eigenvalue weighted by molar-refractivity contribution is -0.117. The maximum Gasteiger partial charge on any atom is 0.250 e. The number of para-hydroxylation sites is 1. The van der Waals surface area contributed by atoms with Crippen molar-refractivity contribution in [2.45, 2.75) is 20.3 Å². The van der Waals surface area contributed by atoms with E-state index in [1.807, 2.05) is 13.8 Å². The number of primary amides is 1. The van der Waals surface area contributed by atoms with Crippen LogP contribution in [-0.4, -0.2) is 24.3 Å². The fourth-order valence-electron chi connectivity index (χ4n) is 2.44. The van der Waals surface area contributed by atoms with Gasteiger partial charge in [0.05, 0.1) is 17.8 Å². The number of carbonyl (C=O) groups is 3. The highest BCUT2D eigenvalue weighted by Gasteiger charge is 2.10. The van der Waals surface area contributed by atoms with Crippen LogP contribution in [-0.2, 0) is 9.59 Å². The van der Waals surface area contributed by atoms with Crippen molar-refractivity contribution in [2.75, 3.05) is 22.5 Å². The topological polar surface area (TPSA) is 113 Å². The molecule has 0 heterocycles. The molecule has 2 rings (SSSR count). The first-order valence-electron chi connectivity index (χ1n) is 8.67. The van der Waals surface area contributed by atoms with Crippen molar-refractivity contribution < 1.29 is 14.4 Å². The van der Waals surface area contributed by atoms with E-state index in [-0.39, 0.29) is 23.9 Å². The summed E-state index contributed by atoms with van der Waals surface area (Å²) in [5.41, 5.74) is 7.36. The van der Waals surface area contributed by atoms with Crippen molar-refractivity contribution in [3.05, 3.63) is 54.1 Å². The third kappa shape index (κ3) is 6.47. The Hall–Kier alpha value is -3.35. The highest BCUT2D eigenvalue weighted by Crippen LogP contribution is 2.16. The van der Waals surface area contributed by atoms with E-state index in [0.717, 1.165) is 5.69 Å². The molecule has 5 N–H and O–H groups in total. The van der Waals surface area contributed by atoms with Gasteiger partial charge in [-0.25, -0.2) is 0 Å². The molecule has 142 valence electrons. The predicted octanol–water partition coefficient (Wildman–Crippen LogP) is 2.82. The smallest absolute Gasteiger partial charge is 0.250 e. The molecule has 2 aromatic rings. The second-order valence-corrected chi connectivity index (χ2v) is 6.54. The normalized spacial score (nSPS) is 10.3. The Morgan fingerprint density at radius 3 is 2.15 bits per heavy atom. The van der Waals surface area contributed by atoms with Gasteiger partial charge in [-0.2, -0.15) is 0 Å². The minimum absolute atomic E-state index is 0.0200. The summed E-state index contributed by atoms with van der Waals surface area (Å²) in [5, 5.41) is 8.47. The molecule has 0 saturated heterocycles. The van der Waals surface area contributed by atoms with Crippen LogP contribution >= 0.6 is 0 Å². The van der Waals surface area contributed by atoms with Crippen LogP contribution in [0.4, 0.5) is 17.1 Å². The molecule has 7 heteroatoms. The van der Waals surface area contributed by atoms with Gasteiger partial charge >= 0.3 is 0 Å². The molecule has 0 radical (unpaired) electrons. The van der Waals surface area contributed by atoms with Crippen LogP contribution in [0.1, 0.15) is 30.6 Å². The number of amides is 3. The van der Waals surface area contributed by atoms with E-state index in [0.29, 0.717) is 23.7 Å². The molecule has 0 aliphatic heterocycles. The highest BCUT2D eigenvalue weighted by molar-refractivity contribution is 6.03. The van der Waals surface area contributed by atoms with Gasteiger partial charge in [-0.1, -0.05) is 26.0 Å². The van der Waals surface area contributed by atoms with Crippen LogP contribution in [0.5, 0.6) is 0 Å². The Bertz CT molecular complexity index is 816. The van der Waals surface area contributed by atoms with Gasteiger partial charge in [0.2, 0.25) is 11.8 Å². The molecule has 7 nitrogen and oxygen atoms in total. The van der Waals surface area contributed by atoms with Crippen LogP contribution in [0.3, 0.4) is 0 Å². The first-order valence-corrected chi connectivity index (χ1v) is 8.67. The molecule has 0 aliphatic carbocycles. The molecule has 0 saturated carbocycles. The molecule has 27 heavy (non-hydrogen) atoms. The fraction of sp³-hybridized carbons (Fsp3) is 0.250. The number of carbonyl (C=O) groups excluding carboxylic acids is 3. The van der Waals surface area contributed by atoms with Crippen molar-refractivity contribution in [1.29, 1.82) is 0 Å². The van der Waals surface area contributed by atoms with Crippen molar-refractivity contribution in [3.8, 4) is 0 Å². The number of rotatable bonds is 8. The van der Waals surface area contributed by atoms with Gasteiger partial charge in [-0.3, -0.25) is 14.4 Å². The van der Waals surface area contributed by atoms with Crippen LogP contribution in [0, 0.1) is 5.92 Å². The van der Waals surface area contributed by atoms with Gasteiger partial charge in [0.1, 0.15) is 0 Å². The summed E-state index contributed by atoms with van der Waals surface area (Å²) in [6.45, 7) is 3.99. The number of anilines is 3. The Kier molecular flexibility index (Phi) is 6.93. The summed E-state index contributed by atoms with van der Waals surface area (Å²) < 4.78 is 0. The average Bonchev–Trinajstić information content (AvgIpc) is 2.60. The molecule has 3 amide bonds. The standard InChI is InChI=1S/C20H24N4O3/c1-13(2)11-18(25)23-15-9-7-14(8-10-15)22-12-19(26)24-17-6-4-3-5-16(17)20(21)27/h3-10,13,22H,11-12H2,1-2H3,(H2,21,27)(H,23,25)(H,24,26). The zero-order valence-corrected chi connectivity index (χ0v) is 15.4. The molecule has 0 fully saturated rings. The number of nitrogens with one attached hydrogen (secondary N) is 3. The molecule has 0 aromatic heterocycles. The van der Waals surface area contributed by atoms with E-state index in [4.69, 9.17) is 5.73 Å². The molecular formula is C20H24N4O3. The third-order valence-corrected chi connectivity index (χ3v) is 3.68. The maximum atomic E-state index is 12.1. The quantitative estimate of drug-likeness (QED) is 0.574. The SMILES string of the molecule is CC(C)CC(=O)Nc1ccc(NCC(=O)Nc2ccccc2C(N)=O)cc1. The number of nitrogens with two attached hydrogens (primary N) is 1. The molecule has 0 atom stereocenters. The second-order valence-electron chi connectivity index (χ2n) is 6.54. The third-order valence-electron chi connectivity index (χ3n) is 3.68. The lowest BCUT2D eigenvalue weighted by Gasteiger charge is -2.11. The molecule has 0 unspecified atom stereocenters. The van der Waals surface area contributed by atoms with E-state index in [1.165, 1.54) is 0 Å². The van der Waals surface area contributed by atoms with Crippen LogP contribution in [0.25, 0.3) is 0 Å². The van der Waals surface area contributed by atoms with Crippen molar-refractivity contribution in [2.24, 2.45) is 11.7 Å². The van der Waals surface area contributed by atoms with Crippen LogP contribution < -0.4 is 21.7 Å². The summed E-state index contributed by atoms with van der Waals surface area (Å²) in [7, 11) is 0. The van der Waals surface area contributed by atoms with Crippen molar-refractivity contribution >= 4 is 34.8 Å². The van der Waals surface area contributed by atoms with Gasteiger partial charge < -0.3 is 21.7 Å². The van der Waals surface area contributed by atoms with Gasteiger partial charge in [-0.05, 0) is 42.3 Å². The van der Waals surface area contributed by atoms with E-state index >= 15 is 0 Å². The highest BCUT2D eigenvalue weighted by atomic mass is 16.2. The van der Waals surface area contributed by atoms with E-state index in [9.17, 15) is 14.4 Å². The zero-order valence-electron chi connectivity index (χ0n) is 15.4. The lowest BCUT2D eigenvalue weighted by atomic mass is 10.1. The van der Waals surface area contributed by atoms with E-state index in [1.54, 1.807) is 48.5 Å². The number of hydrogen-bond acceptors (Lipinski definition) is 4. The predicted molar refractivity (Wildman–Crippen MR) is 107 cm³/mol. The second kappa shape index (κ2) is 9.38. The summed E-state index contributed by atoms with van der Waals surface area (Å²) in [6.07, 6.45) is 0.465. The number of hydrogen-bond donors (Lipinski definition) is 4. The molecule has 0 spiro atoms. The van der Waals surface area contributed by atoms with Crippen molar-refractivity contribution in [1.82, 2.24) is 0 Å². The first-order chi connectivity index (χ1) is 12.8. The molecule has 0 aliphatic rings. The Morgan fingerprint density at radius 2 is 1.52 bits per heavy atom. The van der Waals surface area contributed by atoms with Crippen LogP contribution in [0.2, 0.25) is 0 Å². The summed E-state index contributed by atoms with van der Waals surface area (Å²) in [6, 6.07) is 13.6. The molecule has 2 aromatic carbocycles. The van der Waals surface area contributed by atoms with Gasteiger partial charge in [0, 0.05) is 17.8 Å². The maximum absolute atomic E-state index is 12.1. The minimum Gasteiger partial charge on any atom is -0.376 e. The summed E-state index contributed by atoms with van der Waals surface area (Å²) >= 11 is 0. The van der Waals surface area contributed by atoms with Gasteiger partial charge in [0.25, 0.3) is 5.91 Å². The fourth-order valence-corrected chi connectivity index (χ4v) is 2.44. The largest absolute Gasteiger partial charge is 0.376 e. The van der Waals surface area contributed by atoms with Crippen LogP contribution in [0.15, 0.2) is 48.5 Å². The Morgan fingerprint density at radius 1 is 0.889 bits per heavy atom. The van der Waals surface area contributed by atoms with Crippen molar-refractivity contribution in [3.63, 3.8) is 0 Å². The average molecular weight is 368 g/mol. The number of benzene rings is 2. The first kappa shape index (κ1) is 20.0. The van der Waals surface area contributed by atoms with Gasteiger partial charge in [0.15, 0.2) is 0 Å². The lowest BCUT2D eigenvalue weighted by Crippen LogP contribution is -2.24. The van der Waals surface area contributed by atoms with E-state index in [2.05, 4.69) is 16.0 Å². The molecular weight excluding hydrogens is 344 g/mol.